The van der Waals surface area contributed by atoms with Gasteiger partial charge in [-0.05, 0) is 31.3 Å². The summed E-state index contributed by atoms with van der Waals surface area (Å²) in [5.74, 6) is -3.85. The summed E-state index contributed by atoms with van der Waals surface area (Å²) in [5, 5.41) is 19.9. The zero-order valence-corrected chi connectivity index (χ0v) is 21.3. The second kappa shape index (κ2) is 11.9. The third kappa shape index (κ3) is 6.02. The van der Waals surface area contributed by atoms with Crippen LogP contribution in [0.1, 0.15) is 33.6 Å². The Morgan fingerprint density at radius 2 is 1.81 bits per heavy atom. The number of esters is 4. The van der Waals surface area contributed by atoms with E-state index >= 15 is 0 Å². The molecular formula is C27H34O10. The van der Waals surface area contributed by atoms with Gasteiger partial charge in [0.25, 0.3) is 0 Å². The molecule has 0 aromatic carbocycles. The molecule has 3 fully saturated rings. The maximum Gasteiger partial charge on any atom is 0.337 e. The van der Waals surface area contributed by atoms with Gasteiger partial charge in [-0.3, -0.25) is 4.79 Å². The average molecular weight is 519 g/mol. The smallest absolute Gasteiger partial charge is 0.337 e. The maximum absolute atomic E-state index is 13.1. The summed E-state index contributed by atoms with van der Waals surface area (Å²) in [5.41, 5.74) is 0.944. The summed E-state index contributed by atoms with van der Waals surface area (Å²) in [6, 6.07) is 0. The zero-order valence-electron chi connectivity index (χ0n) is 21.3. The van der Waals surface area contributed by atoms with Crippen molar-refractivity contribution in [2.75, 3.05) is 19.8 Å². The molecule has 0 aromatic heterocycles. The molecule has 0 radical (unpaired) electrons. The highest BCUT2D eigenvalue weighted by Crippen LogP contribution is 2.53. The highest BCUT2D eigenvalue weighted by atomic mass is 16.6. The summed E-state index contributed by atoms with van der Waals surface area (Å²) < 4.78 is 21.5. The molecule has 0 bridgehead atoms. The van der Waals surface area contributed by atoms with E-state index in [0.29, 0.717) is 6.42 Å². The van der Waals surface area contributed by atoms with Crippen LogP contribution >= 0.6 is 0 Å². The Morgan fingerprint density at radius 3 is 2.43 bits per heavy atom. The first-order valence-corrected chi connectivity index (χ1v) is 12.2. The van der Waals surface area contributed by atoms with Crippen LogP contribution in [0.15, 0.2) is 47.6 Å². The van der Waals surface area contributed by atoms with Gasteiger partial charge in [0.05, 0.1) is 29.8 Å². The highest BCUT2D eigenvalue weighted by molar-refractivity contribution is 5.93. The normalized spacial score (nSPS) is 31.7. The molecule has 0 amide bonds. The molecule has 202 valence electrons. The highest BCUT2D eigenvalue weighted by Gasteiger charge is 2.57. The number of fused-ring (bicyclic) bond motifs is 3. The Morgan fingerprint density at radius 1 is 1.14 bits per heavy atom. The fraction of sp³-hybridized carbons (Fsp3) is 0.556. The lowest BCUT2D eigenvalue weighted by molar-refractivity contribution is -0.150. The first-order valence-electron chi connectivity index (χ1n) is 12.2. The second-order valence-electron chi connectivity index (χ2n) is 9.66. The number of allylic oxidation sites excluding steroid dienone is 1. The van der Waals surface area contributed by atoms with E-state index < -0.39 is 61.3 Å². The van der Waals surface area contributed by atoms with Gasteiger partial charge in [-0.2, -0.15) is 0 Å². The van der Waals surface area contributed by atoms with Crippen molar-refractivity contribution in [2.45, 2.75) is 51.9 Å². The number of aliphatic hydroxyl groups excluding tert-OH is 2. The molecule has 3 rings (SSSR count). The Hall–Kier alpha value is -3.24. The fourth-order valence-corrected chi connectivity index (χ4v) is 5.43. The van der Waals surface area contributed by atoms with Crippen LogP contribution in [-0.2, 0) is 38.1 Å². The minimum Gasteiger partial charge on any atom is -0.461 e. The van der Waals surface area contributed by atoms with Crippen molar-refractivity contribution in [3.05, 3.63) is 47.6 Å². The van der Waals surface area contributed by atoms with Crippen molar-refractivity contribution in [2.24, 2.45) is 23.7 Å². The average Bonchev–Trinajstić information content (AvgIpc) is 3.26. The quantitative estimate of drug-likeness (QED) is 0.210. The molecule has 0 unspecified atom stereocenters. The van der Waals surface area contributed by atoms with Crippen molar-refractivity contribution < 1.29 is 48.3 Å². The first-order chi connectivity index (χ1) is 17.5. The molecule has 2 saturated carbocycles. The van der Waals surface area contributed by atoms with Crippen LogP contribution in [0.2, 0.25) is 0 Å². The molecule has 1 aliphatic heterocycles. The predicted molar refractivity (Wildman–Crippen MR) is 129 cm³/mol. The van der Waals surface area contributed by atoms with Gasteiger partial charge in [-0.1, -0.05) is 31.7 Å². The van der Waals surface area contributed by atoms with Gasteiger partial charge in [-0.25, -0.2) is 14.4 Å². The van der Waals surface area contributed by atoms with Gasteiger partial charge in [0.15, 0.2) is 0 Å². The first kappa shape index (κ1) is 28.3. The minimum atomic E-state index is -0.840. The van der Waals surface area contributed by atoms with Crippen LogP contribution in [0, 0.1) is 23.7 Å². The molecule has 2 aliphatic carbocycles. The number of rotatable bonds is 8. The largest absolute Gasteiger partial charge is 0.461 e. The molecule has 1 saturated heterocycles. The van der Waals surface area contributed by atoms with Crippen LogP contribution in [0.3, 0.4) is 0 Å². The second-order valence-corrected chi connectivity index (χ2v) is 9.66. The third-order valence-corrected chi connectivity index (χ3v) is 7.46. The zero-order chi connectivity index (χ0) is 27.4. The molecule has 10 nitrogen and oxygen atoms in total. The monoisotopic (exact) mass is 518 g/mol. The van der Waals surface area contributed by atoms with Crippen molar-refractivity contribution in [1.82, 2.24) is 0 Å². The van der Waals surface area contributed by atoms with Crippen molar-refractivity contribution >= 4 is 23.9 Å². The number of carbonyl (C=O) groups excluding carboxylic acids is 4. The van der Waals surface area contributed by atoms with Crippen molar-refractivity contribution in [3.63, 3.8) is 0 Å². The van der Waals surface area contributed by atoms with Crippen LogP contribution in [0.25, 0.3) is 0 Å². The van der Waals surface area contributed by atoms with E-state index in [9.17, 15) is 29.4 Å². The molecule has 0 spiro atoms. The lowest BCUT2D eigenvalue weighted by atomic mass is 9.79. The Bertz CT molecular complexity index is 1040. The Kier molecular flexibility index (Phi) is 9.09. The van der Waals surface area contributed by atoms with E-state index in [0.717, 1.165) is 11.6 Å². The van der Waals surface area contributed by atoms with Crippen molar-refractivity contribution in [3.8, 4) is 0 Å². The summed E-state index contributed by atoms with van der Waals surface area (Å²) in [6.07, 6.45) is 1.29. The summed E-state index contributed by atoms with van der Waals surface area (Å²) in [7, 11) is 0. The lowest BCUT2D eigenvalue weighted by Crippen LogP contribution is -2.38. The number of hydrogen-bond acceptors (Lipinski definition) is 10. The van der Waals surface area contributed by atoms with E-state index in [1.165, 1.54) is 13.0 Å². The Labute approximate surface area is 215 Å². The minimum absolute atomic E-state index is 0.0792. The summed E-state index contributed by atoms with van der Waals surface area (Å²) in [4.78, 5) is 49.0. The van der Waals surface area contributed by atoms with Crippen LogP contribution in [0.4, 0.5) is 0 Å². The van der Waals surface area contributed by atoms with E-state index in [1.54, 1.807) is 6.92 Å². The maximum atomic E-state index is 13.1. The van der Waals surface area contributed by atoms with Gasteiger partial charge in [0.2, 0.25) is 0 Å². The lowest BCUT2D eigenvalue weighted by Gasteiger charge is -2.30. The molecule has 0 aromatic rings. The standard InChI is InChI=1S/C27H34O10/c1-6-17(11-34-16(5)29)26(32)35-12-18(7-8-28)27(33)36-21-9-13(2)19-10-20(30)14(3)22(19)24-23(21)15(4)25(31)37-24/h6-7,14,19-24,28,30H,2,4,8-12H2,1,3,5H3/b17-6+,18-7+/t14-,19-,20+,21-,22+,23-,24-/m1/s1. The number of hydrogen-bond donors (Lipinski definition) is 2. The van der Waals surface area contributed by atoms with Gasteiger partial charge < -0.3 is 29.2 Å². The number of aliphatic hydroxyl groups is 2. The van der Waals surface area contributed by atoms with Gasteiger partial charge in [0.1, 0.15) is 25.4 Å². The number of carbonyl (C=O) groups is 4. The van der Waals surface area contributed by atoms with E-state index in [4.69, 9.17) is 18.9 Å². The molecule has 7 atom stereocenters. The molecule has 3 aliphatic rings. The molecule has 37 heavy (non-hydrogen) atoms. The van der Waals surface area contributed by atoms with E-state index in [1.807, 2.05) is 6.92 Å². The van der Waals surface area contributed by atoms with Gasteiger partial charge >= 0.3 is 23.9 Å². The Balaban J connectivity index is 1.75. The molecular weight excluding hydrogens is 484 g/mol. The van der Waals surface area contributed by atoms with Gasteiger partial charge in [0, 0.05) is 24.8 Å². The van der Waals surface area contributed by atoms with Crippen LogP contribution in [0.5, 0.6) is 0 Å². The van der Waals surface area contributed by atoms with Gasteiger partial charge in [-0.15, -0.1) is 0 Å². The third-order valence-electron chi connectivity index (χ3n) is 7.46. The molecule has 2 N–H and O–H groups in total. The predicted octanol–water partition coefficient (Wildman–Crippen LogP) is 1.56. The van der Waals surface area contributed by atoms with Crippen LogP contribution in [-0.4, -0.2) is 72.2 Å². The van der Waals surface area contributed by atoms with Crippen LogP contribution < -0.4 is 0 Å². The van der Waals surface area contributed by atoms with E-state index in [-0.39, 0.29) is 47.5 Å². The summed E-state index contributed by atoms with van der Waals surface area (Å²) in [6.45, 7) is 11.4. The molecule has 1 heterocycles. The molecule has 10 heteroatoms. The van der Waals surface area contributed by atoms with Crippen molar-refractivity contribution in [1.29, 1.82) is 0 Å². The number of ether oxygens (including phenoxy) is 4. The van der Waals surface area contributed by atoms with E-state index in [2.05, 4.69) is 13.2 Å². The summed E-state index contributed by atoms with van der Waals surface area (Å²) >= 11 is 0. The SMILES string of the molecule is C=C1C(=O)O[C@H]2[C@H]1[C@H](OC(=O)/C(=C/CO)COC(=O)/C(=C/C)COC(C)=O)CC(=C)[C@H]1C[C@H](O)[C@@H](C)[C@H]21. The fourth-order valence-electron chi connectivity index (χ4n) is 5.43. The topological polar surface area (TPSA) is 146 Å².